The van der Waals surface area contributed by atoms with Gasteiger partial charge in [0, 0.05) is 41.3 Å². The molecule has 0 bridgehead atoms. The lowest BCUT2D eigenvalue weighted by atomic mass is 9.83. The van der Waals surface area contributed by atoms with E-state index in [-0.39, 0.29) is 22.4 Å². The molecule has 1 aliphatic heterocycles. The second kappa shape index (κ2) is 9.83. The highest BCUT2D eigenvalue weighted by Gasteiger charge is 2.49. The van der Waals surface area contributed by atoms with Crippen molar-refractivity contribution < 1.29 is 14.5 Å². The van der Waals surface area contributed by atoms with Gasteiger partial charge < -0.3 is 9.67 Å². The SMILES string of the molecule is CC1(C)CCC2=C/C(=C3/C(=O)C(c4cc5c(n4CCc4ccccc4)C(C)(C)CC5)=C3[O-])[N+](CCc3ccccc3)=C21. The summed E-state index contributed by atoms with van der Waals surface area (Å²) in [6.07, 6.45) is 8.04. The number of nitrogens with zero attached hydrogens (tertiary/aromatic N) is 2. The zero-order valence-electron chi connectivity index (χ0n) is 25.3. The molecule has 0 spiro atoms. The quantitative estimate of drug-likeness (QED) is 0.253. The molecule has 0 N–H and O–H groups in total. The second-order valence-corrected chi connectivity index (χ2v) is 13.8. The molecule has 2 heterocycles. The van der Waals surface area contributed by atoms with Gasteiger partial charge in [-0.25, -0.2) is 0 Å². The number of Topliss-reactive ketones (excluding diaryl/α,β-unsaturated/α-hetero) is 1. The first-order valence-electron chi connectivity index (χ1n) is 15.5. The summed E-state index contributed by atoms with van der Waals surface area (Å²) in [6, 6.07) is 23.1. The Labute approximate surface area is 249 Å². The van der Waals surface area contributed by atoms with E-state index in [0.717, 1.165) is 63.0 Å². The molecule has 1 saturated carbocycles. The van der Waals surface area contributed by atoms with E-state index in [1.165, 1.54) is 33.7 Å². The van der Waals surface area contributed by atoms with Gasteiger partial charge in [-0.3, -0.25) is 4.79 Å². The Bertz CT molecular complexity index is 1730. The maximum Gasteiger partial charge on any atom is 0.216 e. The molecule has 0 atom stereocenters. The van der Waals surface area contributed by atoms with Crippen LogP contribution in [0, 0.1) is 5.41 Å². The highest BCUT2D eigenvalue weighted by atomic mass is 16.3. The van der Waals surface area contributed by atoms with Crippen LogP contribution in [0.5, 0.6) is 0 Å². The fraction of sp³-hybridized carbons (Fsp3) is 0.368. The van der Waals surface area contributed by atoms with Gasteiger partial charge in [-0.1, -0.05) is 80.3 Å². The highest BCUT2D eigenvalue weighted by molar-refractivity contribution is 6.39. The summed E-state index contributed by atoms with van der Waals surface area (Å²) >= 11 is 0. The van der Waals surface area contributed by atoms with Crippen LogP contribution in [0.15, 0.2) is 95.4 Å². The van der Waals surface area contributed by atoms with Gasteiger partial charge in [0.05, 0.1) is 16.7 Å². The molecular formula is C38H40N2O2. The largest absolute Gasteiger partial charge is 0.871 e. The van der Waals surface area contributed by atoms with E-state index in [4.69, 9.17) is 0 Å². The molecule has 0 amide bonds. The van der Waals surface area contributed by atoms with Gasteiger partial charge in [-0.05, 0) is 68.7 Å². The van der Waals surface area contributed by atoms with Crippen molar-refractivity contribution in [2.75, 3.05) is 6.54 Å². The van der Waals surface area contributed by atoms with Crippen molar-refractivity contribution in [3.8, 4) is 0 Å². The Morgan fingerprint density at radius 1 is 0.833 bits per heavy atom. The van der Waals surface area contributed by atoms with Crippen LogP contribution in [0.1, 0.15) is 75.0 Å². The lowest BCUT2D eigenvalue weighted by Gasteiger charge is -2.32. The molecule has 3 aromatic rings. The van der Waals surface area contributed by atoms with Crippen molar-refractivity contribution >= 4 is 17.1 Å². The minimum Gasteiger partial charge on any atom is -0.871 e. The van der Waals surface area contributed by atoms with E-state index in [2.05, 4.69) is 97.5 Å². The van der Waals surface area contributed by atoms with E-state index in [0.29, 0.717) is 11.1 Å². The fourth-order valence-corrected chi connectivity index (χ4v) is 7.83. The van der Waals surface area contributed by atoms with E-state index < -0.39 is 0 Å². The number of aromatic nitrogens is 1. The first-order valence-corrected chi connectivity index (χ1v) is 15.5. The van der Waals surface area contributed by atoms with E-state index >= 15 is 0 Å². The molecule has 4 aliphatic rings. The van der Waals surface area contributed by atoms with Gasteiger partial charge in [0.25, 0.3) is 0 Å². The highest BCUT2D eigenvalue weighted by Crippen LogP contribution is 2.47. The lowest BCUT2D eigenvalue weighted by Crippen LogP contribution is -2.35. The van der Waals surface area contributed by atoms with E-state index in [9.17, 15) is 9.90 Å². The number of carbonyl (C=O) groups is 1. The summed E-state index contributed by atoms with van der Waals surface area (Å²) in [4.78, 5) is 14.1. The molecule has 0 saturated heterocycles. The first-order chi connectivity index (χ1) is 20.2. The molecule has 7 rings (SSSR count). The van der Waals surface area contributed by atoms with Crippen molar-refractivity contribution in [2.24, 2.45) is 5.41 Å². The number of hydrogen-bond donors (Lipinski definition) is 0. The van der Waals surface area contributed by atoms with Gasteiger partial charge in [0.15, 0.2) is 12.3 Å². The number of hydrogen-bond acceptors (Lipinski definition) is 2. The van der Waals surface area contributed by atoms with Crippen molar-refractivity contribution in [1.82, 2.24) is 4.57 Å². The maximum absolute atomic E-state index is 14.1. The fourth-order valence-electron chi connectivity index (χ4n) is 7.83. The average molecular weight is 557 g/mol. The van der Waals surface area contributed by atoms with Gasteiger partial charge in [-0.2, -0.15) is 4.58 Å². The third-order valence-electron chi connectivity index (χ3n) is 10.0. The van der Waals surface area contributed by atoms with Gasteiger partial charge in [0.1, 0.15) is 0 Å². The van der Waals surface area contributed by atoms with Crippen molar-refractivity contribution in [3.05, 3.63) is 123 Å². The number of benzene rings is 2. The third-order valence-corrected chi connectivity index (χ3v) is 10.0. The summed E-state index contributed by atoms with van der Waals surface area (Å²) in [5, 5.41) is 14.1. The molecule has 0 unspecified atom stereocenters. The molecule has 214 valence electrons. The number of ketones is 1. The van der Waals surface area contributed by atoms with Crippen LogP contribution in [-0.2, 0) is 36.0 Å². The summed E-state index contributed by atoms with van der Waals surface area (Å²) < 4.78 is 4.60. The van der Waals surface area contributed by atoms with Crippen LogP contribution < -0.4 is 5.11 Å². The molecular weight excluding hydrogens is 516 g/mol. The van der Waals surface area contributed by atoms with Gasteiger partial charge >= 0.3 is 0 Å². The van der Waals surface area contributed by atoms with Crippen molar-refractivity contribution in [2.45, 2.75) is 78.2 Å². The summed E-state index contributed by atoms with van der Waals surface area (Å²) in [7, 11) is 0. The molecule has 4 nitrogen and oxygen atoms in total. The van der Waals surface area contributed by atoms with Crippen LogP contribution in [0.2, 0.25) is 0 Å². The minimum absolute atomic E-state index is 0.0196. The zero-order valence-corrected chi connectivity index (χ0v) is 25.3. The summed E-state index contributed by atoms with van der Waals surface area (Å²) in [6.45, 7) is 10.7. The Hall–Kier alpha value is -3.92. The Balaban J connectivity index is 1.30. The Morgan fingerprint density at radius 2 is 1.48 bits per heavy atom. The number of rotatable bonds is 7. The monoisotopic (exact) mass is 556 g/mol. The molecule has 1 aromatic heterocycles. The van der Waals surface area contributed by atoms with Crippen LogP contribution in [0.3, 0.4) is 0 Å². The smallest absolute Gasteiger partial charge is 0.216 e. The summed E-state index contributed by atoms with van der Waals surface area (Å²) in [5.41, 5.74) is 10.1. The molecule has 42 heavy (non-hydrogen) atoms. The number of fused-ring (bicyclic) bond motifs is 2. The molecule has 2 aromatic carbocycles. The zero-order chi connectivity index (χ0) is 29.2. The van der Waals surface area contributed by atoms with Crippen molar-refractivity contribution in [3.63, 3.8) is 0 Å². The molecule has 0 radical (unpaired) electrons. The Morgan fingerprint density at radius 3 is 2.14 bits per heavy atom. The van der Waals surface area contributed by atoms with Crippen molar-refractivity contribution in [1.29, 1.82) is 0 Å². The lowest BCUT2D eigenvalue weighted by molar-refractivity contribution is -0.472. The normalized spacial score (nSPS) is 22.0. The Kier molecular flexibility index (Phi) is 6.31. The topological polar surface area (TPSA) is 48.1 Å². The standard InChI is InChI=1S/C38H40N2O2/c1-37(2)19-15-27-23-29(39(35(27)37)21-17-25-11-7-5-8-12-25)31-33(41)32(34(31)42)30-24-28-16-20-38(3,4)36(28)40(30)22-18-26-13-9-6-10-14-26/h5-14,23-24H,15-22H2,1-4H3. The number of allylic oxidation sites excluding steroid dienone is 4. The van der Waals surface area contributed by atoms with Gasteiger partial charge in [-0.15, -0.1) is 0 Å². The average Bonchev–Trinajstić information content (AvgIpc) is 3.69. The second-order valence-electron chi connectivity index (χ2n) is 13.8. The van der Waals surface area contributed by atoms with Crippen LogP contribution in [-0.4, -0.2) is 27.2 Å². The van der Waals surface area contributed by atoms with Gasteiger partial charge in [0.2, 0.25) is 11.5 Å². The van der Waals surface area contributed by atoms with Crippen LogP contribution in [0.25, 0.3) is 5.57 Å². The molecule has 1 fully saturated rings. The molecule has 3 aliphatic carbocycles. The number of aryl methyl sites for hydroxylation is 2. The predicted octanol–water partition coefficient (Wildman–Crippen LogP) is 6.32. The van der Waals surface area contributed by atoms with Crippen LogP contribution >= 0.6 is 0 Å². The third kappa shape index (κ3) is 4.26. The van der Waals surface area contributed by atoms with Crippen LogP contribution in [0.4, 0.5) is 0 Å². The predicted molar refractivity (Wildman–Crippen MR) is 166 cm³/mol. The summed E-state index contributed by atoms with van der Waals surface area (Å²) in [5.74, 6) is -0.185. The molecule has 4 heteroatoms. The number of carbonyl (C=O) groups excluding carboxylic acids is 1. The minimum atomic E-state index is -0.0927. The van der Waals surface area contributed by atoms with E-state index in [1.54, 1.807) is 0 Å². The maximum atomic E-state index is 14.1. The van der Waals surface area contributed by atoms with E-state index in [1.807, 2.05) is 12.1 Å². The first kappa shape index (κ1) is 26.9.